The molecule has 2 heterocycles. The predicted molar refractivity (Wildman–Crippen MR) is 219 cm³/mol. The SMILES string of the molecule is Cc1ccc(C(O)(c2ccc(C)cc2)c2ccccc2-c2cc3sc(-c4ccccc4C(O)(c4ccc(C)cc4)c4ccc(C)cc4)cc3s2)cc1. The first-order valence-corrected chi connectivity index (χ1v) is 19.2. The second-order valence-electron chi connectivity index (χ2n) is 13.9. The molecule has 0 aliphatic rings. The van der Waals surface area contributed by atoms with Gasteiger partial charge in [-0.15, -0.1) is 22.7 Å². The van der Waals surface area contributed by atoms with E-state index in [0.717, 1.165) is 76.5 Å². The predicted octanol–water partition coefficient (Wildman–Crippen LogP) is 12.1. The average Bonchev–Trinajstić information content (AvgIpc) is 3.76. The van der Waals surface area contributed by atoms with Gasteiger partial charge in [-0.2, -0.15) is 0 Å². The molecule has 0 amide bonds. The molecule has 0 aliphatic heterocycles. The number of rotatable bonds is 8. The van der Waals surface area contributed by atoms with E-state index in [0.29, 0.717) is 0 Å². The van der Waals surface area contributed by atoms with E-state index in [-0.39, 0.29) is 0 Å². The molecule has 2 nitrogen and oxygen atoms in total. The van der Waals surface area contributed by atoms with E-state index >= 15 is 0 Å². The van der Waals surface area contributed by atoms with E-state index in [2.05, 4.69) is 125 Å². The maximum atomic E-state index is 12.9. The molecule has 0 radical (unpaired) electrons. The highest BCUT2D eigenvalue weighted by molar-refractivity contribution is 7.31. The molecular weight excluding hydrogens is 673 g/mol. The summed E-state index contributed by atoms with van der Waals surface area (Å²) in [6, 6.07) is 53.8. The quantitative estimate of drug-likeness (QED) is 0.154. The first kappa shape index (κ1) is 34.0. The van der Waals surface area contributed by atoms with Crippen LogP contribution in [0, 0.1) is 27.7 Å². The van der Waals surface area contributed by atoms with Gasteiger partial charge in [-0.05, 0) is 73.2 Å². The standard InChI is InChI=1S/C48H40O2S2/c1-31-13-21-35(22-14-31)47(49,36-23-15-32(2)16-24-36)41-11-7-5-9-39(41)43-29-45-46(51-43)30-44(52-45)40-10-6-8-12-42(40)48(50,37-25-17-33(3)18-26-37)38-27-19-34(4)20-28-38/h5-30,49-50H,1-4H3. The fourth-order valence-electron chi connectivity index (χ4n) is 7.26. The molecule has 0 bridgehead atoms. The summed E-state index contributed by atoms with van der Waals surface area (Å²) in [5, 5.41) is 25.8. The Bertz CT molecular complexity index is 2200. The van der Waals surface area contributed by atoms with Crippen LogP contribution in [0.3, 0.4) is 0 Å². The Hall–Kier alpha value is -5.10. The molecule has 0 spiro atoms. The minimum Gasteiger partial charge on any atom is -0.376 e. The highest BCUT2D eigenvalue weighted by atomic mass is 32.1. The summed E-state index contributed by atoms with van der Waals surface area (Å²) in [7, 11) is 0. The summed E-state index contributed by atoms with van der Waals surface area (Å²) in [6.45, 7) is 8.27. The van der Waals surface area contributed by atoms with Crippen molar-refractivity contribution in [3.63, 3.8) is 0 Å². The van der Waals surface area contributed by atoms with E-state index in [9.17, 15) is 10.2 Å². The van der Waals surface area contributed by atoms with Crippen molar-refractivity contribution in [1.82, 2.24) is 0 Å². The van der Waals surface area contributed by atoms with Crippen LogP contribution in [0.25, 0.3) is 30.3 Å². The second kappa shape index (κ2) is 13.5. The van der Waals surface area contributed by atoms with Gasteiger partial charge in [-0.3, -0.25) is 0 Å². The topological polar surface area (TPSA) is 40.5 Å². The van der Waals surface area contributed by atoms with E-state index < -0.39 is 11.2 Å². The Labute approximate surface area is 314 Å². The molecule has 8 rings (SSSR count). The molecule has 0 atom stereocenters. The third-order valence-electron chi connectivity index (χ3n) is 10.2. The highest BCUT2D eigenvalue weighted by Gasteiger charge is 2.38. The van der Waals surface area contributed by atoms with Crippen molar-refractivity contribution < 1.29 is 10.2 Å². The number of benzene rings is 6. The Morgan fingerprint density at radius 1 is 0.365 bits per heavy atom. The van der Waals surface area contributed by atoms with Gasteiger partial charge >= 0.3 is 0 Å². The lowest BCUT2D eigenvalue weighted by Gasteiger charge is -2.32. The number of fused-ring (bicyclic) bond motifs is 1. The normalized spacial score (nSPS) is 12.0. The minimum absolute atomic E-state index is 0.835. The lowest BCUT2D eigenvalue weighted by molar-refractivity contribution is 0.126. The van der Waals surface area contributed by atoms with E-state index in [4.69, 9.17) is 0 Å². The van der Waals surface area contributed by atoms with Gasteiger partial charge in [0.2, 0.25) is 0 Å². The van der Waals surface area contributed by atoms with Crippen LogP contribution in [0.2, 0.25) is 0 Å². The monoisotopic (exact) mass is 712 g/mol. The minimum atomic E-state index is -1.35. The smallest absolute Gasteiger partial charge is 0.141 e. The van der Waals surface area contributed by atoms with Crippen LogP contribution in [-0.4, -0.2) is 10.2 Å². The van der Waals surface area contributed by atoms with Crippen molar-refractivity contribution in [3.05, 3.63) is 213 Å². The molecule has 0 unspecified atom stereocenters. The molecule has 2 aromatic heterocycles. The maximum Gasteiger partial charge on any atom is 0.141 e. The Morgan fingerprint density at radius 2 is 0.635 bits per heavy atom. The average molecular weight is 713 g/mol. The molecule has 0 saturated carbocycles. The van der Waals surface area contributed by atoms with Crippen LogP contribution in [-0.2, 0) is 11.2 Å². The largest absolute Gasteiger partial charge is 0.376 e. The zero-order valence-electron chi connectivity index (χ0n) is 29.7. The second-order valence-corrected chi connectivity index (χ2v) is 16.1. The number of aliphatic hydroxyl groups is 2. The molecule has 52 heavy (non-hydrogen) atoms. The number of hydrogen-bond acceptors (Lipinski definition) is 4. The van der Waals surface area contributed by atoms with Crippen LogP contribution in [0.5, 0.6) is 0 Å². The van der Waals surface area contributed by atoms with Gasteiger partial charge in [0.15, 0.2) is 0 Å². The first-order chi connectivity index (χ1) is 25.1. The zero-order chi connectivity index (χ0) is 36.0. The van der Waals surface area contributed by atoms with Gasteiger partial charge < -0.3 is 10.2 Å². The van der Waals surface area contributed by atoms with Crippen molar-refractivity contribution in [2.45, 2.75) is 38.9 Å². The fraction of sp³-hybridized carbons (Fsp3) is 0.125. The first-order valence-electron chi connectivity index (χ1n) is 17.6. The number of thiophene rings is 2. The van der Waals surface area contributed by atoms with Crippen molar-refractivity contribution >= 4 is 32.1 Å². The summed E-state index contributed by atoms with van der Waals surface area (Å²) in [5.74, 6) is 0. The molecule has 0 aliphatic carbocycles. The fourth-order valence-corrected chi connectivity index (χ4v) is 9.74. The molecular formula is C48H40O2S2. The van der Waals surface area contributed by atoms with Gasteiger partial charge in [0.1, 0.15) is 11.2 Å². The van der Waals surface area contributed by atoms with E-state index in [1.807, 2.05) is 60.7 Å². The summed E-state index contributed by atoms with van der Waals surface area (Å²) < 4.78 is 2.34. The molecule has 6 aromatic carbocycles. The van der Waals surface area contributed by atoms with Crippen molar-refractivity contribution in [3.8, 4) is 20.9 Å². The van der Waals surface area contributed by atoms with Gasteiger partial charge in [0, 0.05) is 30.3 Å². The summed E-state index contributed by atoms with van der Waals surface area (Å²) in [5.41, 5.74) is 8.95. The molecule has 0 fully saturated rings. The Morgan fingerprint density at radius 3 is 0.923 bits per heavy atom. The van der Waals surface area contributed by atoms with E-state index in [1.165, 1.54) is 9.40 Å². The van der Waals surface area contributed by atoms with E-state index in [1.54, 1.807) is 22.7 Å². The Kier molecular flexibility index (Phi) is 8.81. The van der Waals surface area contributed by atoms with Gasteiger partial charge in [-0.25, -0.2) is 0 Å². The van der Waals surface area contributed by atoms with Gasteiger partial charge in [0.05, 0.1) is 0 Å². The summed E-state index contributed by atoms with van der Waals surface area (Å²) in [6.07, 6.45) is 0. The van der Waals surface area contributed by atoms with Gasteiger partial charge in [0.25, 0.3) is 0 Å². The summed E-state index contributed by atoms with van der Waals surface area (Å²) >= 11 is 3.48. The zero-order valence-corrected chi connectivity index (χ0v) is 31.4. The van der Waals surface area contributed by atoms with Crippen LogP contribution < -0.4 is 0 Å². The third-order valence-corrected chi connectivity index (χ3v) is 12.6. The van der Waals surface area contributed by atoms with Gasteiger partial charge in [-0.1, -0.05) is 168 Å². The van der Waals surface area contributed by atoms with Crippen LogP contribution in [0.4, 0.5) is 0 Å². The van der Waals surface area contributed by atoms with Crippen molar-refractivity contribution in [1.29, 1.82) is 0 Å². The molecule has 2 N–H and O–H groups in total. The van der Waals surface area contributed by atoms with Crippen LogP contribution in [0.15, 0.2) is 158 Å². The molecule has 4 heteroatoms. The molecule has 256 valence electrons. The molecule has 0 saturated heterocycles. The lowest BCUT2D eigenvalue weighted by atomic mass is 9.78. The Balaban J connectivity index is 1.24. The van der Waals surface area contributed by atoms with Crippen molar-refractivity contribution in [2.75, 3.05) is 0 Å². The summed E-state index contributed by atoms with van der Waals surface area (Å²) in [4.78, 5) is 2.20. The lowest BCUT2D eigenvalue weighted by Crippen LogP contribution is -2.29. The third kappa shape index (κ3) is 5.92. The highest BCUT2D eigenvalue weighted by Crippen LogP contribution is 2.49. The molecule has 8 aromatic rings. The van der Waals surface area contributed by atoms with Crippen LogP contribution >= 0.6 is 22.7 Å². The van der Waals surface area contributed by atoms with Crippen molar-refractivity contribution in [2.24, 2.45) is 0 Å². The number of aryl methyl sites for hydroxylation is 4. The number of hydrogen-bond donors (Lipinski definition) is 2. The van der Waals surface area contributed by atoms with Crippen LogP contribution in [0.1, 0.15) is 55.6 Å². The maximum absolute atomic E-state index is 12.9.